The van der Waals surface area contributed by atoms with Gasteiger partial charge in [-0.25, -0.2) is 0 Å². The first-order valence-electron chi connectivity index (χ1n) is 11.6. The van der Waals surface area contributed by atoms with Crippen molar-refractivity contribution in [1.29, 1.82) is 0 Å². The van der Waals surface area contributed by atoms with E-state index in [-0.39, 0.29) is 0 Å². The van der Waals surface area contributed by atoms with Crippen LogP contribution in [0.5, 0.6) is 0 Å². The molecule has 0 heterocycles. The molecule has 2 fully saturated rings. The molecule has 0 saturated heterocycles. The molecule has 0 amide bonds. The van der Waals surface area contributed by atoms with Gasteiger partial charge < -0.3 is 0 Å². The lowest BCUT2D eigenvalue weighted by Crippen LogP contribution is -2.28. The van der Waals surface area contributed by atoms with Gasteiger partial charge in [-0.3, -0.25) is 0 Å². The molecule has 0 heteroatoms. The highest BCUT2D eigenvalue weighted by Crippen LogP contribution is 2.45. The molecule has 0 bridgehead atoms. The van der Waals surface area contributed by atoms with E-state index in [1.165, 1.54) is 77.0 Å². The first-order valence-corrected chi connectivity index (χ1v) is 11.6. The van der Waals surface area contributed by atoms with Crippen LogP contribution in [0, 0.1) is 35.5 Å². The monoisotopic (exact) mass is 342 g/mol. The maximum atomic E-state index is 3.87. The maximum absolute atomic E-state index is 3.87. The summed E-state index contributed by atoms with van der Waals surface area (Å²) in [4.78, 5) is 0. The van der Waals surface area contributed by atoms with Crippen molar-refractivity contribution in [3.8, 4) is 0 Å². The van der Waals surface area contributed by atoms with E-state index in [0.29, 0.717) is 0 Å². The third-order valence-electron chi connectivity index (χ3n) is 7.92. The highest BCUT2D eigenvalue weighted by molar-refractivity contribution is 5.01. The molecule has 0 N–H and O–H groups in total. The Kier molecular flexibility index (Phi) is 7.68. The largest absolute Gasteiger partial charge is 0.103 e. The molecule has 3 rings (SSSR count). The highest BCUT2D eigenvalue weighted by atomic mass is 14.4. The molecule has 3 aliphatic rings. The van der Waals surface area contributed by atoms with Crippen molar-refractivity contribution >= 4 is 0 Å². The molecular formula is C25H42. The minimum atomic E-state index is 0.837. The summed E-state index contributed by atoms with van der Waals surface area (Å²) in [7, 11) is 0. The highest BCUT2D eigenvalue weighted by Gasteiger charge is 2.33. The number of hydrogen-bond acceptors (Lipinski definition) is 0. The van der Waals surface area contributed by atoms with Gasteiger partial charge in [0.25, 0.3) is 0 Å². The van der Waals surface area contributed by atoms with Crippen LogP contribution in [-0.2, 0) is 0 Å². The molecule has 0 radical (unpaired) electrons. The van der Waals surface area contributed by atoms with E-state index < -0.39 is 0 Å². The van der Waals surface area contributed by atoms with E-state index in [1.54, 1.807) is 12.8 Å². The van der Waals surface area contributed by atoms with E-state index in [2.05, 4.69) is 31.7 Å². The van der Waals surface area contributed by atoms with E-state index >= 15 is 0 Å². The summed E-state index contributed by atoms with van der Waals surface area (Å²) >= 11 is 0. The molecule has 0 spiro atoms. The topological polar surface area (TPSA) is 0 Å². The molecule has 142 valence electrons. The molecule has 2 saturated carbocycles. The second-order valence-corrected chi connectivity index (χ2v) is 9.50. The fourth-order valence-electron chi connectivity index (χ4n) is 6.27. The zero-order valence-electron chi connectivity index (χ0n) is 16.8. The molecule has 2 unspecified atom stereocenters. The predicted molar refractivity (Wildman–Crippen MR) is 111 cm³/mol. The molecule has 2 atom stereocenters. The minimum Gasteiger partial charge on any atom is -0.103 e. The molecular weight excluding hydrogens is 300 g/mol. The van der Waals surface area contributed by atoms with Crippen molar-refractivity contribution in [2.24, 2.45) is 35.5 Å². The van der Waals surface area contributed by atoms with Gasteiger partial charge in [-0.05, 0) is 99.7 Å². The van der Waals surface area contributed by atoms with Gasteiger partial charge in [0.1, 0.15) is 0 Å². The molecule has 0 aliphatic heterocycles. The Morgan fingerprint density at radius 1 is 0.760 bits per heavy atom. The molecule has 0 aromatic heterocycles. The smallest absolute Gasteiger partial charge is 0.0205 e. The van der Waals surface area contributed by atoms with E-state index in [9.17, 15) is 0 Å². The van der Waals surface area contributed by atoms with Gasteiger partial charge in [0, 0.05) is 0 Å². The van der Waals surface area contributed by atoms with Crippen molar-refractivity contribution < 1.29 is 0 Å². The normalized spacial score (nSPS) is 39.2. The van der Waals surface area contributed by atoms with Gasteiger partial charge in [0.15, 0.2) is 0 Å². The summed E-state index contributed by atoms with van der Waals surface area (Å²) in [5.41, 5.74) is 0. The fraction of sp³-hybridized carbons (Fsp3) is 0.840. The zero-order chi connectivity index (χ0) is 17.5. The lowest BCUT2D eigenvalue weighted by Gasteiger charge is -2.40. The first-order chi connectivity index (χ1) is 12.3. The van der Waals surface area contributed by atoms with E-state index in [1.807, 2.05) is 0 Å². The first kappa shape index (κ1) is 19.2. The second-order valence-electron chi connectivity index (χ2n) is 9.50. The standard InChI is InChI=1S/C25H42/c1-3-5-7-21-10-14-23(15-11-21)25-18-16-24(17-19-25)22-12-8-20(6-4-2)9-13-22/h3,10,14,20-25H,1,4-9,11-13,15-19H2,2H3. The SMILES string of the molecule is C=CCCC1C=CC(C2CCC(C3CCC(CCC)CC3)CC2)CC1. The van der Waals surface area contributed by atoms with Crippen LogP contribution in [0.3, 0.4) is 0 Å². The van der Waals surface area contributed by atoms with Crippen LogP contribution < -0.4 is 0 Å². The summed E-state index contributed by atoms with van der Waals surface area (Å²) in [6.45, 7) is 6.22. The van der Waals surface area contributed by atoms with Crippen molar-refractivity contribution in [1.82, 2.24) is 0 Å². The summed E-state index contributed by atoms with van der Waals surface area (Å²) in [6.07, 6.45) is 27.8. The lowest BCUT2D eigenvalue weighted by molar-refractivity contribution is 0.127. The third kappa shape index (κ3) is 5.48. The summed E-state index contributed by atoms with van der Waals surface area (Å²) in [5, 5.41) is 0. The van der Waals surface area contributed by atoms with Crippen molar-refractivity contribution in [3.05, 3.63) is 24.8 Å². The van der Waals surface area contributed by atoms with Crippen LogP contribution in [0.4, 0.5) is 0 Å². The second kappa shape index (κ2) is 9.98. The van der Waals surface area contributed by atoms with Crippen molar-refractivity contribution in [2.45, 2.75) is 96.8 Å². The van der Waals surface area contributed by atoms with Gasteiger partial charge >= 0.3 is 0 Å². The Bertz CT molecular complexity index is 404. The van der Waals surface area contributed by atoms with Crippen LogP contribution in [0.25, 0.3) is 0 Å². The van der Waals surface area contributed by atoms with Gasteiger partial charge in [0.05, 0.1) is 0 Å². The minimum absolute atomic E-state index is 0.837. The summed E-state index contributed by atoms with van der Waals surface area (Å²) in [6, 6.07) is 0. The van der Waals surface area contributed by atoms with Crippen molar-refractivity contribution in [3.63, 3.8) is 0 Å². The van der Waals surface area contributed by atoms with Gasteiger partial charge in [-0.2, -0.15) is 0 Å². The Hall–Kier alpha value is -0.520. The van der Waals surface area contributed by atoms with Gasteiger partial charge in [0.2, 0.25) is 0 Å². The Morgan fingerprint density at radius 3 is 1.96 bits per heavy atom. The van der Waals surface area contributed by atoms with Crippen molar-refractivity contribution in [2.75, 3.05) is 0 Å². The molecule has 0 aromatic carbocycles. The van der Waals surface area contributed by atoms with E-state index in [0.717, 1.165) is 35.5 Å². The molecule has 0 aromatic rings. The van der Waals surface area contributed by atoms with E-state index in [4.69, 9.17) is 0 Å². The number of allylic oxidation sites excluding steroid dienone is 3. The number of hydrogen-bond donors (Lipinski definition) is 0. The average Bonchev–Trinajstić information content (AvgIpc) is 2.68. The Morgan fingerprint density at radius 2 is 1.40 bits per heavy atom. The molecule has 25 heavy (non-hydrogen) atoms. The molecule has 0 nitrogen and oxygen atoms in total. The van der Waals surface area contributed by atoms with Crippen LogP contribution >= 0.6 is 0 Å². The average molecular weight is 343 g/mol. The van der Waals surface area contributed by atoms with Gasteiger partial charge in [-0.1, -0.05) is 50.8 Å². The fourth-order valence-corrected chi connectivity index (χ4v) is 6.27. The van der Waals surface area contributed by atoms with Gasteiger partial charge in [-0.15, -0.1) is 6.58 Å². The molecule has 3 aliphatic carbocycles. The Labute approximate surface area is 157 Å². The quantitative estimate of drug-likeness (QED) is 0.412. The van der Waals surface area contributed by atoms with Crippen LogP contribution in [0.1, 0.15) is 96.8 Å². The summed E-state index contributed by atoms with van der Waals surface area (Å²) in [5.74, 6) is 5.97. The van der Waals surface area contributed by atoms with Crippen LogP contribution in [0.15, 0.2) is 24.8 Å². The lowest BCUT2D eigenvalue weighted by atomic mass is 9.66. The van der Waals surface area contributed by atoms with Crippen LogP contribution in [0.2, 0.25) is 0 Å². The zero-order valence-corrected chi connectivity index (χ0v) is 16.8. The predicted octanol–water partition coefficient (Wildman–Crippen LogP) is 7.95. The maximum Gasteiger partial charge on any atom is -0.0205 e. The number of rotatable bonds is 7. The Balaban J connectivity index is 1.38. The third-order valence-corrected chi connectivity index (χ3v) is 7.92. The summed E-state index contributed by atoms with van der Waals surface area (Å²) < 4.78 is 0. The van der Waals surface area contributed by atoms with Crippen LogP contribution in [-0.4, -0.2) is 0 Å².